The molecule has 2 aromatic heterocycles. The number of halogens is 1. The molecule has 192 valence electrons. The van der Waals surface area contributed by atoms with Gasteiger partial charge in [0, 0.05) is 27.7 Å². The Morgan fingerprint density at radius 1 is 0.921 bits per heavy atom. The average Bonchev–Trinajstić information content (AvgIpc) is 3.21. The van der Waals surface area contributed by atoms with Crippen LogP contribution in [0.25, 0.3) is 16.6 Å². The summed E-state index contributed by atoms with van der Waals surface area (Å²) >= 11 is 7.69. The molecule has 3 aromatic carbocycles. The smallest absolute Gasteiger partial charge is 0.262 e. The lowest BCUT2D eigenvalue weighted by Crippen LogP contribution is -2.24. The van der Waals surface area contributed by atoms with Gasteiger partial charge in [0.2, 0.25) is 0 Å². The van der Waals surface area contributed by atoms with Crippen LogP contribution in [-0.4, -0.2) is 25.7 Å². The molecule has 38 heavy (non-hydrogen) atoms. The molecule has 0 spiro atoms. The number of thioether (sulfide) groups is 1. The number of Topliss-reactive ketones (excluding diaryl/α,β-unsaturated/α-hetero) is 1. The molecule has 0 aliphatic rings. The van der Waals surface area contributed by atoms with Gasteiger partial charge in [-0.15, -0.1) is 0 Å². The van der Waals surface area contributed by atoms with Crippen LogP contribution in [0.3, 0.4) is 0 Å². The summed E-state index contributed by atoms with van der Waals surface area (Å²) < 4.78 is 3.73. The van der Waals surface area contributed by atoms with Crippen molar-refractivity contribution in [3.05, 3.63) is 122 Å². The Bertz CT molecular complexity index is 1750. The van der Waals surface area contributed by atoms with Crippen molar-refractivity contribution in [1.29, 1.82) is 0 Å². The van der Waals surface area contributed by atoms with Crippen LogP contribution < -0.4 is 5.56 Å². The van der Waals surface area contributed by atoms with E-state index in [1.54, 1.807) is 16.7 Å². The maximum absolute atomic E-state index is 13.5. The highest BCUT2D eigenvalue weighted by Crippen LogP contribution is 2.26. The maximum atomic E-state index is 13.5. The van der Waals surface area contributed by atoms with Gasteiger partial charge in [-0.2, -0.15) is 0 Å². The molecule has 0 amide bonds. The second-order valence-electron chi connectivity index (χ2n) is 9.49. The van der Waals surface area contributed by atoms with Crippen LogP contribution in [0.1, 0.15) is 38.4 Å². The predicted octanol–water partition coefficient (Wildman–Crippen LogP) is 7.10. The summed E-state index contributed by atoms with van der Waals surface area (Å²) in [5, 5.41) is 1.61. The molecule has 5 rings (SSSR count). The van der Waals surface area contributed by atoms with Crippen molar-refractivity contribution in [2.45, 2.75) is 39.4 Å². The van der Waals surface area contributed by atoms with Gasteiger partial charge in [0.1, 0.15) is 0 Å². The minimum Gasteiger partial charge on any atom is -0.318 e. The summed E-state index contributed by atoms with van der Waals surface area (Å²) in [6.07, 6.45) is 0. The number of benzene rings is 3. The first-order valence-electron chi connectivity index (χ1n) is 12.4. The molecule has 5 aromatic rings. The van der Waals surface area contributed by atoms with E-state index in [-0.39, 0.29) is 23.6 Å². The molecule has 0 saturated carbocycles. The summed E-state index contributed by atoms with van der Waals surface area (Å²) in [5.41, 5.74) is 7.32. The van der Waals surface area contributed by atoms with E-state index < -0.39 is 0 Å². The van der Waals surface area contributed by atoms with Gasteiger partial charge < -0.3 is 4.57 Å². The molecule has 7 heteroatoms. The van der Waals surface area contributed by atoms with E-state index >= 15 is 0 Å². The fourth-order valence-electron chi connectivity index (χ4n) is 4.71. The van der Waals surface area contributed by atoms with Crippen molar-refractivity contribution in [1.82, 2.24) is 14.1 Å². The first kappa shape index (κ1) is 26.0. The molecule has 0 fully saturated rings. The van der Waals surface area contributed by atoms with Crippen molar-refractivity contribution in [3.63, 3.8) is 0 Å². The number of aromatic nitrogens is 3. The number of hydrogen-bond acceptors (Lipinski definition) is 4. The molecule has 0 N–H and O–H groups in total. The number of carbonyl (C=O) groups is 1. The van der Waals surface area contributed by atoms with Gasteiger partial charge in [0.15, 0.2) is 10.9 Å². The van der Waals surface area contributed by atoms with Crippen LogP contribution in [0.15, 0.2) is 82.7 Å². The monoisotopic (exact) mass is 541 g/mol. The maximum Gasteiger partial charge on any atom is 0.262 e. The Morgan fingerprint density at radius 3 is 2.42 bits per heavy atom. The summed E-state index contributed by atoms with van der Waals surface area (Å²) in [5.74, 6) is 0.148. The lowest BCUT2D eigenvalue weighted by Gasteiger charge is -2.14. The van der Waals surface area contributed by atoms with Gasteiger partial charge in [-0.3, -0.25) is 14.2 Å². The molecule has 0 aliphatic carbocycles. The van der Waals surface area contributed by atoms with Crippen LogP contribution in [-0.2, 0) is 6.54 Å². The summed E-state index contributed by atoms with van der Waals surface area (Å²) in [4.78, 5) is 31.7. The van der Waals surface area contributed by atoms with Crippen LogP contribution in [0.4, 0.5) is 0 Å². The van der Waals surface area contributed by atoms with Crippen molar-refractivity contribution in [2.24, 2.45) is 0 Å². The second-order valence-corrected chi connectivity index (χ2v) is 10.8. The van der Waals surface area contributed by atoms with Crippen LogP contribution >= 0.6 is 23.4 Å². The average molecular weight is 542 g/mol. The molecular weight excluding hydrogens is 514 g/mol. The molecule has 0 unspecified atom stereocenters. The topological polar surface area (TPSA) is 56.9 Å². The number of aryl methyl sites for hydroxylation is 3. The Balaban J connectivity index is 1.48. The van der Waals surface area contributed by atoms with Gasteiger partial charge in [0.05, 0.1) is 23.2 Å². The normalized spacial score (nSPS) is 11.3. The third-order valence-electron chi connectivity index (χ3n) is 6.93. The number of nitrogens with zero attached hydrogens (tertiary/aromatic N) is 3. The first-order chi connectivity index (χ1) is 18.2. The largest absolute Gasteiger partial charge is 0.318 e. The van der Waals surface area contributed by atoms with E-state index in [0.29, 0.717) is 26.6 Å². The molecule has 5 nitrogen and oxygen atoms in total. The number of ketones is 1. The third-order valence-corrected chi connectivity index (χ3v) is 8.27. The van der Waals surface area contributed by atoms with Gasteiger partial charge in [-0.1, -0.05) is 59.8 Å². The predicted molar refractivity (Wildman–Crippen MR) is 156 cm³/mol. The highest BCUT2D eigenvalue weighted by molar-refractivity contribution is 7.99. The summed E-state index contributed by atoms with van der Waals surface area (Å²) in [7, 11) is 0. The highest BCUT2D eigenvalue weighted by Gasteiger charge is 2.19. The van der Waals surface area contributed by atoms with E-state index in [1.807, 2.05) is 56.3 Å². The number of hydrogen-bond donors (Lipinski definition) is 0. The summed E-state index contributed by atoms with van der Waals surface area (Å²) in [6, 6.07) is 23.0. The fraction of sp³-hybridized carbons (Fsp3) is 0.194. The quantitative estimate of drug-likeness (QED) is 0.125. The van der Waals surface area contributed by atoms with Gasteiger partial charge in [-0.05, 0) is 80.8 Å². The Kier molecular flexibility index (Phi) is 7.28. The van der Waals surface area contributed by atoms with E-state index in [2.05, 4.69) is 36.6 Å². The standard InChI is InChI=1S/C31H28ClN3O2S/c1-19-13-14-24(15-20(19)2)35-21(3)16-26(22(35)4)29(36)18-38-31-33-28-12-8-6-10-25(28)30(37)34(31)17-23-9-5-7-11-27(23)32/h5-16H,17-18H2,1-4H3. The molecule has 0 bridgehead atoms. The second kappa shape index (κ2) is 10.6. The lowest BCUT2D eigenvalue weighted by atomic mass is 10.1. The van der Waals surface area contributed by atoms with Crippen LogP contribution in [0.5, 0.6) is 0 Å². The van der Waals surface area contributed by atoms with Crippen LogP contribution in [0, 0.1) is 27.7 Å². The first-order valence-corrected chi connectivity index (χ1v) is 13.8. The zero-order valence-corrected chi connectivity index (χ0v) is 23.4. The number of carbonyl (C=O) groups excluding carboxylic acids is 1. The van der Waals surface area contributed by atoms with E-state index in [1.165, 1.54) is 22.9 Å². The molecule has 0 aliphatic heterocycles. The van der Waals surface area contributed by atoms with Crippen molar-refractivity contribution in [2.75, 3.05) is 5.75 Å². The third kappa shape index (κ3) is 4.94. The Labute approximate surface area is 231 Å². The number of rotatable bonds is 7. The fourth-order valence-corrected chi connectivity index (χ4v) is 5.79. The van der Waals surface area contributed by atoms with Crippen molar-refractivity contribution in [3.8, 4) is 5.69 Å². The van der Waals surface area contributed by atoms with Crippen molar-refractivity contribution < 1.29 is 4.79 Å². The Morgan fingerprint density at radius 2 is 1.66 bits per heavy atom. The zero-order valence-electron chi connectivity index (χ0n) is 21.8. The zero-order chi connectivity index (χ0) is 27.0. The summed E-state index contributed by atoms with van der Waals surface area (Å²) in [6.45, 7) is 8.44. The van der Waals surface area contributed by atoms with Gasteiger partial charge in [0.25, 0.3) is 5.56 Å². The van der Waals surface area contributed by atoms with E-state index in [4.69, 9.17) is 16.6 Å². The minimum absolute atomic E-state index is 0.00937. The molecule has 0 atom stereocenters. The molecular formula is C31H28ClN3O2S. The van der Waals surface area contributed by atoms with Crippen LogP contribution in [0.2, 0.25) is 5.02 Å². The Hall–Kier alpha value is -3.61. The van der Waals surface area contributed by atoms with E-state index in [0.717, 1.165) is 22.6 Å². The molecule has 0 radical (unpaired) electrons. The lowest BCUT2D eigenvalue weighted by molar-refractivity contribution is 0.102. The van der Waals surface area contributed by atoms with Crippen molar-refractivity contribution >= 4 is 40.0 Å². The van der Waals surface area contributed by atoms with E-state index in [9.17, 15) is 9.59 Å². The number of fused-ring (bicyclic) bond motifs is 1. The van der Waals surface area contributed by atoms with Gasteiger partial charge in [-0.25, -0.2) is 4.98 Å². The molecule has 2 heterocycles. The molecule has 0 saturated heterocycles. The number of para-hydroxylation sites is 1. The minimum atomic E-state index is -0.154. The van der Waals surface area contributed by atoms with Gasteiger partial charge >= 0.3 is 0 Å². The highest BCUT2D eigenvalue weighted by atomic mass is 35.5. The SMILES string of the molecule is Cc1ccc(-n2c(C)cc(C(=O)CSc3nc4ccccc4c(=O)n3Cc3ccccc3Cl)c2C)cc1C.